The number of hydrogen-bond donors (Lipinski definition) is 1. The van der Waals surface area contributed by atoms with Crippen molar-refractivity contribution >= 4 is 11.6 Å². The van der Waals surface area contributed by atoms with Gasteiger partial charge in [-0.15, -0.1) is 0 Å². The Morgan fingerprint density at radius 1 is 1.44 bits per heavy atom. The Hall–Kier alpha value is -1.35. The molecule has 1 heterocycles. The Morgan fingerprint density at radius 3 is 2.78 bits per heavy atom. The number of nitrogens with zero attached hydrogens (tertiary/aromatic N) is 1. The number of rotatable bonds is 2. The van der Waals surface area contributed by atoms with E-state index >= 15 is 0 Å². The molecule has 2 N–H and O–H groups in total. The van der Waals surface area contributed by atoms with Crippen LogP contribution in [0.25, 0.3) is 0 Å². The number of carbonyl (C=O) groups excluding carboxylic acids is 1. The highest BCUT2D eigenvalue weighted by Crippen LogP contribution is 2.30. The molecule has 0 fully saturated rings. The van der Waals surface area contributed by atoms with Crippen molar-refractivity contribution in [1.82, 2.24) is 0 Å². The van der Waals surface area contributed by atoms with Crippen LogP contribution in [0.4, 0.5) is 5.69 Å². The molecular weight excluding hydrogens is 224 g/mol. The molecule has 18 heavy (non-hydrogen) atoms. The number of carbonyl (C=O) groups is 1. The molecule has 2 rings (SSSR count). The summed E-state index contributed by atoms with van der Waals surface area (Å²) in [6, 6.07) is 8.16. The van der Waals surface area contributed by atoms with E-state index in [1.165, 1.54) is 5.56 Å². The van der Waals surface area contributed by atoms with E-state index < -0.39 is 5.54 Å². The van der Waals surface area contributed by atoms with Crippen molar-refractivity contribution in [1.29, 1.82) is 0 Å². The second kappa shape index (κ2) is 4.73. The Morgan fingerprint density at radius 2 is 2.11 bits per heavy atom. The Kier molecular flexibility index (Phi) is 3.44. The summed E-state index contributed by atoms with van der Waals surface area (Å²) in [4.78, 5) is 14.3. The van der Waals surface area contributed by atoms with Crippen molar-refractivity contribution in [3.8, 4) is 0 Å². The predicted octanol–water partition coefficient (Wildman–Crippen LogP) is 2.34. The van der Waals surface area contributed by atoms with E-state index in [2.05, 4.69) is 13.0 Å². The van der Waals surface area contributed by atoms with E-state index in [1.807, 2.05) is 36.9 Å². The zero-order valence-corrected chi connectivity index (χ0v) is 11.4. The van der Waals surface area contributed by atoms with Gasteiger partial charge < -0.3 is 10.6 Å². The number of benzene rings is 1. The fourth-order valence-corrected chi connectivity index (χ4v) is 2.52. The lowest BCUT2D eigenvalue weighted by atomic mass is 9.92. The third-order valence-corrected chi connectivity index (χ3v) is 3.25. The lowest BCUT2D eigenvalue weighted by Crippen LogP contribution is -2.44. The molecule has 0 aliphatic carbocycles. The van der Waals surface area contributed by atoms with Gasteiger partial charge in [-0.25, -0.2) is 0 Å². The molecule has 0 aromatic heterocycles. The lowest BCUT2D eigenvalue weighted by Gasteiger charge is -2.34. The van der Waals surface area contributed by atoms with Crippen LogP contribution in [0.15, 0.2) is 24.3 Å². The molecular formula is C15H22N2O. The molecule has 0 spiro atoms. The molecule has 0 radical (unpaired) electrons. The van der Waals surface area contributed by atoms with E-state index in [0.717, 1.165) is 18.7 Å². The minimum absolute atomic E-state index is 0.126. The van der Waals surface area contributed by atoms with Crippen LogP contribution in [0.1, 0.15) is 32.8 Å². The van der Waals surface area contributed by atoms with E-state index in [0.29, 0.717) is 12.3 Å². The number of fused-ring (bicyclic) bond motifs is 1. The van der Waals surface area contributed by atoms with Crippen molar-refractivity contribution in [2.45, 2.75) is 39.2 Å². The molecule has 98 valence electrons. The summed E-state index contributed by atoms with van der Waals surface area (Å²) in [5, 5.41) is 0. The molecule has 0 bridgehead atoms. The van der Waals surface area contributed by atoms with Gasteiger partial charge in [-0.3, -0.25) is 4.79 Å². The number of para-hydroxylation sites is 1. The van der Waals surface area contributed by atoms with Gasteiger partial charge in [0.15, 0.2) is 0 Å². The van der Waals surface area contributed by atoms with Gasteiger partial charge in [0.05, 0.1) is 0 Å². The van der Waals surface area contributed by atoms with E-state index in [4.69, 9.17) is 5.73 Å². The minimum atomic E-state index is -0.452. The quantitative estimate of drug-likeness (QED) is 0.870. The molecule has 1 aliphatic rings. The predicted molar refractivity (Wildman–Crippen MR) is 74.5 cm³/mol. The summed E-state index contributed by atoms with van der Waals surface area (Å²) in [7, 11) is 0. The Labute approximate surface area is 109 Å². The van der Waals surface area contributed by atoms with Gasteiger partial charge in [-0.2, -0.15) is 0 Å². The van der Waals surface area contributed by atoms with Gasteiger partial charge in [-0.05, 0) is 37.8 Å². The second-order valence-electron chi connectivity index (χ2n) is 6.11. The van der Waals surface area contributed by atoms with Crippen LogP contribution < -0.4 is 10.6 Å². The van der Waals surface area contributed by atoms with Crippen LogP contribution in [0.3, 0.4) is 0 Å². The van der Waals surface area contributed by atoms with Gasteiger partial charge in [0.2, 0.25) is 5.91 Å². The molecule has 0 saturated heterocycles. The van der Waals surface area contributed by atoms with Crippen molar-refractivity contribution in [3.63, 3.8) is 0 Å². The largest absolute Gasteiger partial charge is 0.325 e. The highest BCUT2D eigenvalue weighted by atomic mass is 16.2. The van der Waals surface area contributed by atoms with Gasteiger partial charge in [0.1, 0.15) is 0 Å². The van der Waals surface area contributed by atoms with Crippen molar-refractivity contribution < 1.29 is 4.79 Å². The second-order valence-corrected chi connectivity index (χ2v) is 6.11. The maximum Gasteiger partial charge on any atom is 0.228 e. The smallest absolute Gasteiger partial charge is 0.228 e. The number of hydrogen-bond acceptors (Lipinski definition) is 2. The van der Waals surface area contributed by atoms with Crippen LogP contribution in [0, 0.1) is 5.92 Å². The summed E-state index contributed by atoms with van der Waals surface area (Å²) in [5.74, 6) is 0.631. The van der Waals surface area contributed by atoms with Crippen molar-refractivity contribution in [2.24, 2.45) is 11.7 Å². The molecule has 1 aromatic rings. The van der Waals surface area contributed by atoms with Crippen LogP contribution in [0.5, 0.6) is 0 Å². The first-order valence-corrected chi connectivity index (χ1v) is 6.54. The molecule has 3 heteroatoms. The summed E-state index contributed by atoms with van der Waals surface area (Å²) >= 11 is 0. The average molecular weight is 246 g/mol. The van der Waals surface area contributed by atoms with E-state index in [1.54, 1.807) is 0 Å². The minimum Gasteiger partial charge on any atom is -0.325 e. The van der Waals surface area contributed by atoms with Crippen LogP contribution in [0.2, 0.25) is 0 Å². The Bertz CT molecular complexity index is 448. The van der Waals surface area contributed by atoms with E-state index in [9.17, 15) is 4.79 Å². The monoisotopic (exact) mass is 246 g/mol. The SMILES string of the molecule is CC1Cc2ccccc2N(C(=O)CC(C)(C)N)C1. The van der Waals surface area contributed by atoms with Gasteiger partial charge in [-0.1, -0.05) is 25.1 Å². The highest BCUT2D eigenvalue weighted by Gasteiger charge is 2.28. The van der Waals surface area contributed by atoms with Gasteiger partial charge in [0, 0.05) is 24.2 Å². The third kappa shape index (κ3) is 2.91. The molecule has 1 aliphatic heterocycles. The van der Waals surface area contributed by atoms with Gasteiger partial charge >= 0.3 is 0 Å². The lowest BCUT2D eigenvalue weighted by molar-refractivity contribution is -0.119. The van der Waals surface area contributed by atoms with Crippen molar-refractivity contribution in [2.75, 3.05) is 11.4 Å². The summed E-state index contributed by atoms with van der Waals surface area (Å²) in [6.45, 7) is 6.77. The molecule has 3 nitrogen and oxygen atoms in total. The zero-order valence-electron chi connectivity index (χ0n) is 11.4. The third-order valence-electron chi connectivity index (χ3n) is 3.25. The highest BCUT2D eigenvalue weighted by molar-refractivity contribution is 5.95. The molecule has 1 unspecified atom stereocenters. The Balaban J connectivity index is 2.26. The zero-order chi connectivity index (χ0) is 13.3. The fraction of sp³-hybridized carbons (Fsp3) is 0.533. The van der Waals surface area contributed by atoms with Crippen molar-refractivity contribution in [3.05, 3.63) is 29.8 Å². The maximum absolute atomic E-state index is 12.4. The van der Waals surface area contributed by atoms with Crippen LogP contribution in [-0.2, 0) is 11.2 Å². The molecule has 1 amide bonds. The van der Waals surface area contributed by atoms with E-state index in [-0.39, 0.29) is 5.91 Å². The first kappa shape index (κ1) is 13.1. The standard InChI is InChI=1S/C15H22N2O/c1-11-8-12-6-4-5-7-13(12)17(10-11)14(18)9-15(2,3)16/h4-7,11H,8-10,16H2,1-3H3. The summed E-state index contributed by atoms with van der Waals surface area (Å²) in [6.07, 6.45) is 1.43. The molecule has 1 aromatic carbocycles. The van der Waals surface area contributed by atoms with Crippen LogP contribution >= 0.6 is 0 Å². The summed E-state index contributed by atoms with van der Waals surface area (Å²) in [5.41, 5.74) is 7.82. The first-order chi connectivity index (χ1) is 8.37. The fourth-order valence-electron chi connectivity index (χ4n) is 2.52. The first-order valence-electron chi connectivity index (χ1n) is 6.54. The molecule has 1 atom stereocenters. The number of anilines is 1. The summed E-state index contributed by atoms with van der Waals surface area (Å²) < 4.78 is 0. The van der Waals surface area contributed by atoms with Crippen LogP contribution in [-0.4, -0.2) is 18.0 Å². The maximum atomic E-state index is 12.4. The topological polar surface area (TPSA) is 46.3 Å². The molecule has 0 saturated carbocycles. The number of amides is 1. The average Bonchev–Trinajstić information content (AvgIpc) is 2.25. The number of nitrogens with two attached hydrogens (primary N) is 1. The van der Waals surface area contributed by atoms with Gasteiger partial charge in [0.25, 0.3) is 0 Å². The normalized spacial score (nSPS) is 19.6.